The molecule has 0 saturated heterocycles. The molecule has 3 nitrogen and oxygen atoms in total. The minimum atomic E-state index is -0.213. The Labute approximate surface area is 93.9 Å². The van der Waals surface area contributed by atoms with E-state index in [1.807, 2.05) is 30.8 Å². The molecular formula is C12H14FN3. The zero-order valence-corrected chi connectivity index (χ0v) is 9.31. The number of aromatic nitrogens is 2. The van der Waals surface area contributed by atoms with Crippen LogP contribution in [0.2, 0.25) is 0 Å². The van der Waals surface area contributed by atoms with Gasteiger partial charge in [0, 0.05) is 19.4 Å². The second-order valence-electron chi connectivity index (χ2n) is 3.64. The number of anilines is 1. The van der Waals surface area contributed by atoms with Gasteiger partial charge in [-0.3, -0.25) is 0 Å². The van der Waals surface area contributed by atoms with Gasteiger partial charge in [0.25, 0.3) is 0 Å². The van der Waals surface area contributed by atoms with Crippen molar-refractivity contribution in [3.63, 3.8) is 0 Å². The van der Waals surface area contributed by atoms with Crippen molar-refractivity contribution in [1.82, 2.24) is 9.55 Å². The molecule has 2 aromatic rings. The number of nitrogens with one attached hydrogen (secondary N) is 1. The summed E-state index contributed by atoms with van der Waals surface area (Å²) in [4.78, 5) is 4.16. The van der Waals surface area contributed by atoms with E-state index in [1.165, 1.54) is 6.07 Å². The molecule has 84 valence electrons. The fraction of sp³-hybridized carbons (Fsp3) is 0.250. The third kappa shape index (κ3) is 1.91. The van der Waals surface area contributed by atoms with Crippen LogP contribution in [0, 0.1) is 5.82 Å². The maximum atomic E-state index is 13.1. The number of hydrogen-bond acceptors (Lipinski definition) is 2. The van der Waals surface area contributed by atoms with Gasteiger partial charge in [-0.25, -0.2) is 9.37 Å². The molecule has 1 unspecified atom stereocenters. The summed E-state index contributed by atoms with van der Waals surface area (Å²) in [5, 5.41) is 3.00. The summed E-state index contributed by atoms with van der Waals surface area (Å²) < 4.78 is 15.1. The molecule has 2 rings (SSSR count). The molecule has 0 aliphatic heterocycles. The lowest BCUT2D eigenvalue weighted by atomic mass is 10.1. The summed E-state index contributed by atoms with van der Waals surface area (Å²) in [7, 11) is 1.82. The van der Waals surface area contributed by atoms with E-state index in [4.69, 9.17) is 0 Å². The Morgan fingerprint density at radius 1 is 1.44 bits per heavy atom. The number of rotatable bonds is 3. The van der Waals surface area contributed by atoms with Crippen molar-refractivity contribution >= 4 is 5.95 Å². The molecule has 4 heteroatoms. The van der Waals surface area contributed by atoms with E-state index in [2.05, 4.69) is 10.3 Å². The first-order valence-electron chi connectivity index (χ1n) is 5.18. The van der Waals surface area contributed by atoms with Crippen LogP contribution >= 0.6 is 0 Å². The van der Waals surface area contributed by atoms with Gasteiger partial charge in [-0.1, -0.05) is 12.1 Å². The number of imidazole rings is 1. The zero-order valence-electron chi connectivity index (χ0n) is 9.31. The Hall–Kier alpha value is -1.84. The topological polar surface area (TPSA) is 29.9 Å². The van der Waals surface area contributed by atoms with E-state index in [9.17, 15) is 4.39 Å². The summed E-state index contributed by atoms with van der Waals surface area (Å²) in [5.74, 6) is 0.562. The molecule has 0 amide bonds. The third-order valence-corrected chi connectivity index (χ3v) is 2.64. The highest BCUT2D eigenvalue weighted by molar-refractivity contribution is 5.29. The Kier molecular flexibility index (Phi) is 2.90. The molecule has 1 aromatic heterocycles. The molecule has 0 fully saturated rings. The van der Waals surface area contributed by atoms with Gasteiger partial charge in [-0.15, -0.1) is 0 Å². The summed E-state index contributed by atoms with van der Waals surface area (Å²) in [6.07, 6.45) is 3.60. The van der Waals surface area contributed by atoms with Crippen LogP contribution in [0.25, 0.3) is 0 Å². The Bertz CT molecular complexity index is 479. The quantitative estimate of drug-likeness (QED) is 0.860. The molecule has 0 aliphatic carbocycles. The fourth-order valence-electron chi connectivity index (χ4n) is 1.75. The number of hydrogen-bond donors (Lipinski definition) is 1. The molecule has 1 N–H and O–H groups in total. The maximum absolute atomic E-state index is 13.1. The minimum absolute atomic E-state index is 0.0562. The average molecular weight is 219 g/mol. The Morgan fingerprint density at radius 3 is 2.94 bits per heavy atom. The van der Waals surface area contributed by atoms with E-state index in [1.54, 1.807) is 18.3 Å². The van der Waals surface area contributed by atoms with E-state index >= 15 is 0 Å². The van der Waals surface area contributed by atoms with Gasteiger partial charge in [0.1, 0.15) is 5.82 Å². The van der Waals surface area contributed by atoms with E-state index in [0.717, 1.165) is 11.5 Å². The van der Waals surface area contributed by atoms with Gasteiger partial charge in [-0.05, 0) is 24.6 Å². The lowest BCUT2D eigenvalue weighted by Crippen LogP contribution is -2.09. The predicted octanol–water partition coefficient (Wildman–Crippen LogP) is 2.67. The minimum Gasteiger partial charge on any atom is -0.359 e. The van der Waals surface area contributed by atoms with Gasteiger partial charge in [0.2, 0.25) is 5.95 Å². The summed E-state index contributed by atoms with van der Waals surface area (Å²) >= 11 is 0. The lowest BCUT2D eigenvalue weighted by molar-refractivity contribution is 0.606. The van der Waals surface area contributed by atoms with Crippen LogP contribution in [0.1, 0.15) is 18.5 Å². The predicted molar refractivity (Wildman–Crippen MR) is 62.0 cm³/mol. The van der Waals surface area contributed by atoms with Crippen LogP contribution < -0.4 is 5.32 Å². The van der Waals surface area contributed by atoms with Crippen LogP contribution in [0.5, 0.6) is 0 Å². The average Bonchev–Trinajstić information content (AvgIpc) is 2.76. The SMILES string of the molecule is CNc1nccn1C(C)c1cccc(F)c1. The lowest BCUT2D eigenvalue weighted by Gasteiger charge is -2.16. The van der Waals surface area contributed by atoms with Crippen LogP contribution in [-0.2, 0) is 0 Å². The number of benzene rings is 1. The highest BCUT2D eigenvalue weighted by atomic mass is 19.1. The first-order valence-corrected chi connectivity index (χ1v) is 5.18. The molecule has 1 heterocycles. The normalized spacial score (nSPS) is 12.4. The second-order valence-corrected chi connectivity index (χ2v) is 3.64. The molecule has 0 bridgehead atoms. The van der Waals surface area contributed by atoms with Crippen LogP contribution in [-0.4, -0.2) is 16.6 Å². The first kappa shape index (κ1) is 10.7. The highest BCUT2D eigenvalue weighted by Crippen LogP contribution is 2.21. The molecule has 0 aliphatic rings. The zero-order chi connectivity index (χ0) is 11.5. The van der Waals surface area contributed by atoms with Crippen LogP contribution in [0.15, 0.2) is 36.7 Å². The van der Waals surface area contributed by atoms with Gasteiger partial charge >= 0.3 is 0 Å². The van der Waals surface area contributed by atoms with Crippen molar-refractivity contribution in [1.29, 1.82) is 0 Å². The van der Waals surface area contributed by atoms with E-state index < -0.39 is 0 Å². The Balaban J connectivity index is 2.35. The van der Waals surface area contributed by atoms with Crippen molar-refractivity contribution in [3.05, 3.63) is 48.0 Å². The second kappa shape index (κ2) is 4.35. The molecule has 0 spiro atoms. The standard InChI is InChI=1S/C12H14FN3/c1-9(10-4-3-5-11(13)8-10)16-7-6-15-12(16)14-2/h3-9H,1-2H3,(H,14,15). The monoisotopic (exact) mass is 219 g/mol. The van der Waals surface area contributed by atoms with Crippen LogP contribution in [0.4, 0.5) is 10.3 Å². The van der Waals surface area contributed by atoms with Crippen molar-refractivity contribution in [2.45, 2.75) is 13.0 Å². The van der Waals surface area contributed by atoms with Crippen LogP contribution in [0.3, 0.4) is 0 Å². The fourth-order valence-corrected chi connectivity index (χ4v) is 1.75. The highest BCUT2D eigenvalue weighted by Gasteiger charge is 2.11. The largest absolute Gasteiger partial charge is 0.359 e. The van der Waals surface area contributed by atoms with Gasteiger partial charge in [0.15, 0.2) is 0 Å². The molecule has 1 aromatic carbocycles. The smallest absolute Gasteiger partial charge is 0.203 e. The molecule has 16 heavy (non-hydrogen) atoms. The molecular weight excluding hydrogens is 205 g/mol. The molecule has 0 saturated carbocycles. The van der Waals surface area contributed by atoms with Crippen molar-refractivity contribution in [2.75, 3.05) is 12.4 Å². The summed E-state index contributed by atoms with van der Waals surface area (Å²) in [6, 6.07) is 6.68. The third-order valence-electron chi connectivity index (χ3n) is 2.64. The van der Waals surface area contributed by atoms with Gasteiger partial charge in [-0.2, -0.15) is 0 Å². The van der Waals surface area contributed by atoms with Crippen molar-refractivity contribution in [3.8, 4) is 0 Å². The van der Waals surface area contributed by atoms with E-state index in [-0.39, 0.29) is 11.9 Å². The number of nitrogens with zero attached hydrogens (tertiary/aromatic N) is 2. The van der Waals surface area contributed by atoms with Crippen molar-refractivity contribution < 1.29 is 4.39 Å². The van der Waals surface area contributed by atoms with Crippen molar-refractivity contribution in [2.24, 2.45) is 0 Å². The molecule has 1 atom stereocenters. The first-order chi connectivity index (χ1) is 7.72. The Morgan fingerprint density at radius 2 is 2.25 bits per heavy atom. The van der Waals surface area contributed by atoms with Gasteiger partial charge < -0.3 is 9.88 Å². The maximum Gasteiger partial charge on any atom is 0.203 e. The van der Waals surface area contributed by atoms with E-state index in [0.29, 0.717) is 0 Å². The summed E-state index contributed by atoms with van der Waals surface area (Å²) in [5.41, 5.74) is 0.925. The summed E-state index contributed by atoms with van der Waals surface area (Å²) in [6.45, 7) is 2.01. The number of halogens is 1. The van der Waals surface area contributed by atoms with Gasteiger partial charge in [0.05, 0.1) is 6.04 Å². The molecule has 0 radical (unpaired) electrons.